The van der Waals surface area contributed by atoms with Crippen LogP contribution in [0.15, 0.2) is 115 Å². The second kappa shape index (κ2) is 25.3. The molecule has 0 radical (unpaired) electrons. The van der Waals surface area contributed by atoms with Crippen LogP contribution in [-0.2, 0) is 56.8 Å². The molecule has 1 fully saturated rings. The van der Waals surface area contributed by atoms with Crippen LogP contribution < -0.4 is 15.4 Å². The highest BCUT2D eigenvalue weighted by atomic mass is 35.5. The molecule has 17 heteroatoms. The molecule has 13 nitrogen and oxygen atoms in total. The number of carbonyl (C=O) groups excluding carboxylic acids is 5. The number of esters is 4. The molecule has 0 bridgehead atoms. The fraction of sp³-hybridized carbons (Fsp3) is 0.357. The summed E-state index contributed by atoms with van der Waals surface area (Å²) in [4.78, 5) is 66.4. The van der Waals surface area contributed by atoms with Gasteiger partial charge in [0.1, 0.15) is 30.6 Å². The Morgan fingerprint density at radius 1 is 0.781 bits per heavy atom. The van der Waals surface area contributed by atoms with Crippen molar-refractivity contribution in [2.24, 2.45) is 11.3 Å². The molecule has 5 aromatic rings. The van der Waals surface area contributed by atoms with E-state index in [9.17, 15) is 29.4 Å². The zero-order chi connectivity index (χ0) is 52.9. The maximum Gasteiger partial charge on any atom is 0.341 e. The van der Waals surface area contributed by atoms with Crippen LogP contribution in [0.4, 0.5) is 14.5 Å². The van der Waals surface area contributed by atoms with Crippen molar-refractivity contribution in [3.05, 3.63) is 165 Å². The molecule has 1 amide bonds. The van der Waals surface area contributed by atoms with E-state index < -0.39 is 83.0 Å². The zero-order valence-corrected chi connectivity index (χ0v) is 42.7. The summed E-state index contributed by atoms with van der Waals surface area (Å²) < 4.78 is 59.6. The van der Waals surface area contributed by atoms with Crippen molar-refractivity contribution in [2.75, 3.05) is 19.2 Å². The van der Waals surface area contributed by atoms with Crippen molar-refractivity contribution in [1.29, 1.82) is 5.41 Å². The highest BCUT2D eigenvalue weighted by Gasteiger charge is 2.61. The van der Waals surface area contributed by atoms with Gasteiger partial charge in [-0.2, -0.15) is 0 Å². The molecule has 0 aliphatic carbocycles. The Morgan fingerprint density at radius 2 is 1.44 bits per heavy atom. The number of ether oxygens (including phenoxy) is 5. The second-order valence-electron chi connectivity index (χ2n) is 19.0. The Bertz CT molecular complexity index is 2780. The standard InChI is InChI=1S/C56H59Cl2F2N3O10/c1-34(61)56(41-25-24-39(57)29-43(41)59)46(30-55(2,3)4)63-51(49(56)40-19-13-20-42(58)50(40)60)52(66)62-44-26-22-38(28-45(44)69-5)54(68)73-33-72-47(64)21-12-18-37(53(67)71-32-36-16-10-7-11-17-36)23-27-48(65)70-31-35-14-8-6-9-15-35/h6-11,13-17,19-20,22,24-26,28-29,37,46,49,51,61,63H,12,18,21,23,27,30-33H2,1-5H3,(H,62,66)/t37-,46-,49-,51+,56-/m0/s1. The van der Waals surface area contributed by atoms with E-state index in [1.165, 1.54) is 62.6 Å². The van der Waals surface area contributed by atoms with Gasteiger partial charge in [0.2, 0.25) is 12.7 Å². The molecule has 0 unspecified atom stereocenters. The number of anilines is 1. The molecule has 3 N–H and O–H groups in total. The Hall–Kier alpha value is -6.68. The van der Waals surface area contributed by atoms with Gasteiger partial charge in [-0.05, 0) is 91.1 Å². The predicted octanol–water partition coefficient (Wildman–Crippen LogP) is 11.5. The predicted molar refractivity (Wildman–Crippen MR) is 272 cm³/mol. The normalized spacial score (nSPS) is 17.7. The number of methoxy groups -OCH3 is 1. The van der Waals surface area contributed by atoms with Gasteiger partial charge in [0.15, 0.2) is 0 Å². The van der Waals surface area contributed by atoms with Gasteiger partial charge in [-0.15, -0.1) is 0 Å². The lowest BCUT2D eigenvalue weighted by Gasteiger charge is -2.42. The average Bonchev–Trinajstić information content (AvgIpc) is 3.68. The molecular weight excluding hydrogens is 984 g/mol. The minimum absolute atomic E-state index is 0.0133. The summed E-state index contributed by atoms with van der Waals surface area (Å²) in [7, 11) is 1.32. The smallest absolute Gasteiger partial charge is 0.341 e. The van der Waals surface area contributed by atoms with Gasteiger partial charge in [0.25, 0.3) is 0 Å². The highest BCUT2D eigenvalue weighted by Crippen LogP contribution is 2.54. The molecule has 1 aliphatic heterocycles. The van der Waals surface area contributed by atoms with Gasteiger partial charge in [0, 0.05) is 41.1 Å². The van der Waals surface area contributed by atoms with E-state index in [2.05, 4.69) is 10.6 Å². The number of hydrogen-bond donors (Lipinski definition) is 3. The average molecular weight is 1040 g/mol. The van der Waals surface area contributed by atoms with Gasteiger partial charge in [-0.1, -0.05) is 123 Å². The Balaban J connectivity index is 1.10. The third kappa shape index (κ3) is 14.3. The molecule has 5 aromatic carbocycles. The third-order valence-corrected chi connectivity index (χ3v) is 13.2. The van der Waals surface area contributed by atoms with Crippen LogP contribution in [0.2, 0.25) is 10.0 Å². The first-order chi connectivity index (χ1) is 34.8. The fourth-order valence-corrected chi connectivity index (χ4v) is 9.64. The first kappa shape index (κ1) is 55.6. The summed E-state index contributed by atoms with van der Waals surface area (Å²) in [5, 5.41) is 15.4. The molecule has 0 aromatic heterocycles. The minimum atomic E-state index is -1.63. The summed E-state index contributed by atoms with van der Waals surface area (Å²) in [6.07, 6.45) is 0.683. The Kier molecular flexibility index (Phi) is 19.3. The van der Waals surface area contributed by atoms with Gasteiger partial charge < -0.3 is 39.7 Å². The summed E-state index contributed by atoms with van der Waals surface area (Å²) in [6, 6.07) is 28.7. The van der Waals surface area contributed by atoms with Gasteiger partial charge in [-0.3, -0.25) is 19.2 Å². The number of nitrogens with one attached hydrogen (secondary N) is 3. The first-order valence-electron chi connectivity index (χ1n) is 23.7. The van der Waals surface area contributed by atoms with Crippen molar-refractivity contribution in [3.63, 3.8) is 0 Å². The lowest BCUT2D eigenvalue weighted by Crippen LogP contribution is -2.50. The van der Waals surface area contributed by atoms with Crippen molar-refractivity contribution in [2.45, 2.75) is 103 Å². The van der Waals surface area contributed by atoms with Gasteiger partial charge >= 0.3 is 23.9 Å². The largest absolute Gasteiger partial charge is 0.495 e. The van der Waals surface area contributed by atoms with E-state index in [0.29, 0.717) is 6.42 Å². The highest BCUT2D eigenvalue weighted by molar-refractivity contribution is 6.31. The minimum Gasteiger partial charge on any atom is -0.495 e. The van der Waals surface area contributed by atoms with Crippen LogP contribution in [0, 0.1) is 28.4 Å². The molecular formula is C56H59Cl2F2N3O10. The molecule has 1 aliphatic rings. The Morgan fingerprint density at radius 3 is 2.07 bits per heavy atom. The topological polar surface area (TPSA) is 179 Å². The number of rotatable bonds is 22. The van der Waals surface area contributed by atoms with Crippen LogP contribution in [0.5, 0.6) is 5.75 Å². The molecule has 1 heterocycles. The zero-order valence-electron chi connectivity index (χ0n) is 41.2. The van der Waals surface area contributed by atoms with Crippen LogP contribution in [-0.4, -0.2) is 61.5 Å². The molecule has 386 valence electrons. The molecule has 1 saturated heterocycles. The number of carbonyl (C=O) groups is 5. The van der Waals surface area contributed by atoms with Crippen molar-refractivity contribution >= 4 is 64.4 Å². The Labute approximate surface area is 433 Å². The lowest BCUT2D eigenvalue weighted by molar-refractivity contribution is -0.155. The van der Waals surface area contributed by atoms with E-state index in [0.717, 1.165) is 17.2 Å². The van der Waals surface area contributed by atoms with Crippen molar-refractivity contribution in [1.82, 2.24) is 5.32 Å². The summed E-state index contributed by atoms with van der Waals surface area (Å²) >= 11 is 12.6. The first-order valence-corrected chi connectivity index (χ1v) is 24.5. The molecule has 0 saturated carbocycles. The number of amides is 1. The van der Waals surface area contributed by atoms with Crippen molar-refractivity contribution in [3.8, 4) is 5.75 Å². The lowest BCUT2D eigenvalue weighted by atomic mass is 9.59. The van der Waals surface area contributed by atoms with E-state index >= 15 is 8.78 Å². The summed E-state index contributed by atoms with van der Waals surface area (Å²) in [5.41, 5.74) is -0.347. The molecule has 6 rings (SSSR count). The van der Waals surface area contributed by atoms with Gasteiger partial charge in [-0.25, -0.2) is 13.6 Å². The number of halogens is 4. The van der Waals surface area contributed by atoms with E-state index in [4.69, 9.17) is 46.9 Å². The molecule has 0 spiro atoms. The molecule has 5 atom stereocenters. The van der Waals surface area contributed by atoms with Crippen molar-refractivity contribution < 1.29 is 56.4 Å². The SMILES string of the molecule is COc1cc(C(=O)OCOC(=O)CCC[C@@H](CCC(=O)OCc2ccccc2)C(=O)OCc2ccccc2)ccc1NC(=O)[C@@H]1N[C@@H](CC(C)(C)C)[C@](C(C)=N)(c2ccc(Cl)cc2F)[C@H]1c1cccc(Cl)c1F. The van der Waals surface area contributed by atoms with E-state index in [-0.39, 0.29) is 89.2 Å². The number of benzene rings is 5. The maximum absolute atomic E-state index is 16.3. The van der Waals surface area contributed by atoms with Crippen LogP contribution in [0.25, 0.3) is 0 Å². The van der Waals surface area contributed by atoms with Gasteiger partial charge in [0.05, 0.1) is 40.8 Å². The maximum atomic E-state index is 16.3. The fourth-order valence-electron chi connectivity index (χ4n) is 9.30. The number of hydrogen-bond acceptors (Lipinski definition) is 12. The summed E-state index contributed by atoms with van der Waals surface area (Å²) in [5.74, 6) is -6.74. The van der Waals surface area contributed by atoms with Crippen LogP contribution in [0.3, 0.4) is 0 Å². The second-order valence-corrected chi connectivity index (χ2v) is 19.9. The van der Waals surface area contributed by atoms with E-state index in [1.807, 2.05) is 81.4 Å². The molecule has 73 heavy (non-hydrogen) atoms. The van der Waals surface area contributed by atoms with Crippen LogP contribution in [0.1, 0.15) is 105 Å². The van der Waals surface area contributed by atoms with E-state index in [1.54, 1.807) is 0 Å². The third-order valence-electron chi connectivity index (χ3n) is 12.7. The quantitative estimate of drug-likeness (QED) is 0.0260. The summed E-state index contributed by atoms with van der Waals surface area (Å²) in [6.45, 7) is 6.79. The van der Waals surface area contributed by atoms with Crippen LogP contribution >= 0.6 is 23.2 Å². The monoisotopic (exact) mass is 1040 g/mol.